The second-order valence-corrected chi connectivity index (χ2v) is 6.72. The second-order valence-electron chi connectivity index (χ2n) is 6.72. The minimum atomic E-state index is -0.587. The molecule has 148 valence electrons. The smallest absolute Gasteiger partial charge is 0.262 e. The maximum atomic E-state index is 14.7. The van der Waals surface area contributed by atoms with Crippen molar-refractivity contribution in [2.75, 3.05) is 24.4 Å². The lowest BCUT2D eigenvalue weighted by Gasteiger charge is -2.38. The number of methoxy groups -OCH3 is 2. The molecular weight excluding hydrogens is 371 g/mol. The van der Waals surface area contributed by atoms with Crippen LogP contribution < -0.4 is 15.0 Å². The van der Waals surface area contributed by atoms with Crippen molar-refractivity contribution in [2.45, 2.75) is 12.8 Å². The molecular formula is C23H21FN2O3. The Morgan fingerprint density at radius 2 is 1.79 bits per heavy atom. The molecule has 0 spiro atoms. The fraction of sp³-hybridized carbons (Fsp3) is 0.174. The highest BCUT2D eigenvalue weighted by Gasteiger charge is 2.35. The highest BCUT2D eigenvalue weighted by Crippen LogP contribution is 2.38. The first-order chi connectivity index (χ1) is 14.1. The third-order valence-corrected chi connectivity index (χ3v) is 4.96. The van der Waals surface area contributed by atoms with Gasteiger partial charge in [0.1, 0.15) is 17.7 Å². The number of amides is 1. The van der Waals surface area contributed by atoms with Gasteiger partial charge in [0.15, 0.2) is 0 Å². The Bertz CT molecular complexity index is 1050. The summed E-state index contributed by atoms with van der Waals surface area (Å²) in [6.07, 6.45) is -0.587. The van der Waals surface area contributed by atoms with Gasteiger partial charge in [-0.25, -0.2) is 4.39 Å². The molecule has 1 N–H and O–H groups in total. The van der Waals surface area contributed by atoms with Gasteiger partial charge in [-0.05, 0) is 42.0 Å². The number of para-hydroxylation sites is 2. The van der Waals surface area contributed by atoms with Crippen molar-refractivity contribution in [1.82, 2.24) is 0 Å². The normalized spacial score (nSPS) is 15.6. The van der Waals surface area contributed by atoms with Gasteiger partial charge in [-0.3, -0.25) is 9.69 Å². The van der Waals surface area contributed by atoms with E-state index >= 15 is 0 Å². The van der Waals surface area contributed by atoms with E-state index in [1.54, 1.807) is 44.6 Å². The summed E-state index contributed by atoms with van der Waals surface area (Å²) in [5.41, 5.74) is 3.06. The quantitative estimate of drug-likeness (QED) is 0.681. The van der Waals surface area contributed by atoms with Gasteiger partial charge in [-0.1, -0.05) is 30.3 Å². The SMILES string of the molecule is COCc1cc(C2Nc3ccccc3C(=O)N2c2ccccc2F)ccc1OC. The van der Waals surface area contributed by atoms with Gasteiger partial charge in [-0.15, -0.1) is 0 Å². The number of carbonyl (C=O) groups excluding carboxylic acids is 1. The number of ether oxygens (including phenoxy) is 2. The summed E-state index contributed by atoms with van der Waals surface area (Å²) >= 11 is 0. The van der Waals surface area contributed by atoms with Crippen LogP contribution in [-0.2, 0) is 11.3 Å². The van der Waals surface area contributed by atoms with E-state index in [0.29, 0.717) is 23.6 Å². The zero-order valence-electron chi connectivity index (χ0n) is 16.2. The van der Waals surface area contributed by atoms with Gasteiger partial charge < -0.3 is 14.8 Å². The molecule has 0 saturated heterocycles. The second kappa shape index (κ2) is 7.93. The largest absolute Gasteiger partial charge is 0.496 e. The minimum Gasteiger partial charge on any atom is -0.496 e. The van der Waals surface area contributed by atoms with Crippen molar-refractivity contribution in [3.63, 3.8) is 0 Å². The van der Waals surface area contributed by atoms with Crippen LogP contribution in [0.3, 0.4) is 0 Å². The summed E-state index contributed by atoms with van der Waals surface area (Å²) in [6.45, 7) is 0.355. The van der Waals surface area contributed by atoms with Crippen molar-refractivity contribution in [2.24, 2.45) is 0 Å². The zero-order chi connectivity index (χ0) is 20.4. The molecule has 0 bridgehead atoms. The highest BCUT2D eigenvalue weighted by molar-refractivity contribution is 6.12. The van der Waals surface area contributed by atoms with E-state index < -0.39 is 12.0 Å². The lowest BCUT2D eigenvalue weighted by molar-refractivity contribution is 0.0974. The number of nitrogens with zero attached hydrogens (tertiary/aromatic N) is 1. The summed E-state index contributed by atoms with van der Waals surface area (Å²) in [5, 5.41) is 3.38. The number of nitrogens with one attached hydrogen (secondary N) is 1. The van der Waals surface area contributed by atoms with Gasteiger partial charge in [0, 0.05) is 18.4 Å². The van der Waals surface area contributed by atoms with Crippen LogP contribution in [0.4, 0.5) is 15.8 Å². The molecule has 1 unspecified atom stereocenters. The molecule has 1 aliphatic rings. The Morgan fingerprint density at radius 1 is 1.03 bits per heavy atom. The van der Waals surface area contributed by atoms with Crippen molar-refractivity contribution < 1.29 is 18.7 Å². The summed E-state index contributed by atoms with van der Waals surface area (Å²) in [7, 11) is 3.20. The number of anilines is 2. The number of hydrogen-bond acceptors (Lipinski definition) is 4. The van der Waals surface area contributed by atoms with Crippen molar-refractivity contribution in [3.8, 4) is 5.75 Å². The van der Waals surface area contributed by atoms with Crippen molar-refractivity contribution in [3.05, 3.63) is 89.2 Å². The van der Waals surface area contributed by atoms with Crippen molar-refractivity contribution >= 4 is 17.3 Å². The topological polar surface area (TPSA) is 50.8 Å². The first-order valence-electron chi connectivity index (χ1n) is 9.23. The molecule has 0 saturated carbocycles. The van der Waals surface area contributed by atoms with E-state index in [1.165, 1.54) is 11.0 Å². The van der Waals surface area contributed by atoms with Crippen LogP contribution in [-0.4, -0.2) is 20.1 Å². The maximum Gasteiger partial charge on any atom is 0.262 e. The van der Waals surface area contributed by atoms with Gasteiger partial charge in [0.2, 0.25) is 0 Å². The maximum absolute atomic E-state index is 14.7. The molecule has 0 aliphatic carbocycles. The molecule has 1 aliphatic heterocycles. The number of fused-ring (bicyclic) bond motifs is 1. The van der Waals surface area contributed by atoms with E-state index in [0.717, 1.165) is 11.1 Å². The molecule has 0 aromatic heterocycles. The van der Waals surface area contributed by atoms with E-state index in [1.807, 2.05) is 30.3 Å². The summed E-state index contributed by atoms with van der Waals surface area (Å²) in [4.78, 5) is 14.8. The standard InChI is InChI=1S/C23H21FN2O3/c1-28-14-16-13-15(11-12-21(16)29-2)22-25-19-9-5-3-7-17(19)23(27)26(22)20-10-6-4-8-18(20)24/h3-13,22,25H,14H2,1-2H3. The first-order valence-corrected chi connectivity index (χ1v) is 9.23. The molecule has 3 aromatic carbocycles. The Kier molecular flexibility index (Phi) is 5.18. The zero-order valence-corrected chi connectivity index (χ0v) is 16.2. The molecule has 5 nitrogen and oxygen atoms in total. The number of hydrogen-bond donors (Lipinski definition) is 1. The summed E-state index contributed by atoms with van der Waals surface area (Å²) in [5.74, 6) is -0.0354. The van der Waals surface area contributed by atoms with Crippen LogP contribution in [0.5, 0.6) is 5.75 Å². The number of benzene rings is 3. The molecule has 4 rings (SSSR count). The molecule has 1 atom stereocenters. The molecule has 29 heavy (non-hydrogen) atoms. The molecule has 1 heterocycles. The fourth-order valence-corrected chi connectivity index (χ4v) is 3.62. The summed E-state index contributed by atoms with van der Waals surface area (Å²) in [6, 6.07) is 19.1. The molecule has 0 fully saturated rings. The van der Waals surface area contributed by atoms with Crippen LogP contribution in [0.1, 0.15) is 27.7 Å². The highest BCUT2D eigenvalue weighted by atomic mass is 19.1. The lowest BCUT2D eigenvalue weighted by atomic mass is 10.0. The van der Waals surface area contributed by atoms with Gasteiger partial charge in [0.25, 0.3) is 5.91 Å². The van der Waals surface area contributed by atoms with Crippen LogP contribution in [0.25, 0.3) is 0 Å². The number of halogens is 1. The minimum absolute atomic E-state index is 0.216. The lowest BCUT2D eigenvalue weighted by Crippen LogP contribution is -2.43. The van der Waals surface area contributed by atoms with E-state index in [4.69, 9.17) is 9.47 Å². The molecule has 1 amide bonds. The van der Waals surface area contributed by atoms with E-state index in [9.17, 15) is 9.18 Å². The fourth-order valence-electron chi connectivity index (χ4n) is 3.62. The van der Waals surface area contributed by atoms with Gasteiger partial charge in [-0.2, -0.15) is 0 Å². The Labute approximate surface area is 168 Å². The Hall–Kier alpha value is -3.38. The Morgan fingerprint density at radius 3 is 2.55 bits per heavy atom. The molecule has 0 radical (unpaired) electrons. The average Bonchev–Trinajstić information content (AvgIpc) is 2.75. The van der Waals surface area contributed by atoms with Crippen LogP contribution in [0.2, 0.25) is 0 Å². The van der Waals surface area contributed by atoms with Crippen molar-refractivity contribution in [1.29, 1.82) is 0 Å². The summed E-state index contributed by atoms with van der Waals surface area (Å²) < 4.78 is 25.4. The van der Waals surface area contributed by atoms with Gasteiger partial charge in [0.05, 0.1) is 25.0 Å². The predicted molar refractivity (Wildman–Crippen MR) is 110 cm³/mol. The molecule has 6 heteroatoms. The van der Waals surface area contributed by atoms with Crippen LogP contribution in [0, 0.1) is 5.82 Å². The molecule has 3 aromatic rings. The average molecular weight is 392 g/mol. The Balaban J connectivity index is 1.86. The predicted octanol–water partition coefficient (Wildman–Crippen LogP) is 4.75. The van der Waals surface area contributed by atoms with Gasteiger partial charge >= 0.3 is 0 Å². The third kappa shape index (κ3) is 3.43. The van der Waals surface area contributed by atoms with E-state index in [2.05, 4.69) is 5.32 Å². The number of carbonyl (C=O) groups is 1. The number of rotatable bonds is 5. The first kappa shape index (κ1) is 19.0. The van der Waals surface area contributed by atoms with E-state index in [-0.39, 0.29) is 11.6 Å². The monoisotopic (exact) mass is 392 g/mol. The third-order valence-electron chi connectivity index (χ3n) is 4.96. The van der Waals surface area contributed by atoms with Crippen LogP contribution >= 0.6 is 0 Å². The van der Waals surface area contributed by atoms with Crippen LogP contribution in [0.15, 0.2) is 66.7 Å².